The van der Waals surface area contributed by atoms with Gasteiger partial charge in [-0.3, -0.25) is 0 Å². The summed E-state index contributed by atoms with van der Waals surface area (Å²) in [6.45, 7) is 8.43. The van der Waals surface area contributed by atoms with E-state index in [1.165, 1.54) is 32.1 Å². The zero-order valence-electron chi connectivity index (χ0n) is 9.38. The van der Waals surface area contributed by atoms with E-state index in [9.17, 15) is 0 Å². The number of hydrogen-bond donors (Lipinski definition) is 0. The number of rotatable bonds is 8. The minimum absolute atomic E-state index is 0.819. The van der Waals surface area contributed by atoms with Crippen LogP contribution in [0.4, 0.5) is 0 Å². The van der Waals surface area contributed by atoms with Crippen molar-refractivity contribution >= 4 is 11.8 Å². The van der Waals surface area contributed by atoms with E-state index in [2.05, 4.69) is 26.7 Å². The average molecular weight is 200 g/mol. The molecule has 0 aliphatic rings. The molecule has 2 atom stereocenters. The molecule has 13 heavy (non-hydrogen) atoms. The topological polar surface area (TPSA) is 0 Å². The summed E-state index contributed by atoms with van der Waals surface area (Å²) in [7, 11) is 0. The Balaban J connectivity index is 3.26. The fourth-order valence-electron chi connectivity index (χ4n) is 1.40. The fraction of sp³-hybridized carbons (Fsp3) is 0.833. The molecule has 1 heteroatoms. The third kappa shape index (κ3) is 7.18. The van der Waals surface area contributed by atoms with Gasteiger partial charge in [-0.2, -0.15) is 11.8 Å². The van der Waals surface area contributed by atoms with Crippen LogP contribution in [-0.4, -0.2) is 11.5 Å². The maximum Gasteiger partial charge on any atom is 0.00415 e. The van der Waals surface area contributed by atoms with E-state index in [0.29, 0.717) is 0 Å². The second kappa shape index (κ2) is 8.68. The molecule has 0 nitrogen and oxygen atoms in total. The van der Waals surface area contributed by atoms with Gasteiger partial charge in [-0.05, 0) is 31.4 Å². The summed E-state index contributed by atoms with van der Waals surface area (Å²) in [5.74, 6) is 0.874. The molecule has 0 spiro atoms. The zero-order valence-corrected chi connectivity index (χ0v) is 10.2. The van der Waals surface area contributed by atoms with E-state index < -0.39 is 0 Å². The molecule has 0 aliphatic carbocycles. The van der Waals surface area contributed by atoms with Gasteiger partial charge in [0.25, 0.3) is 0 Å². The van der Waals surface area contributed by atoms with Gasteiger partial charge in [-0.1, -0.05) is 32.8 Å². The fourth-order valence-corrected chi connectivity index (χ4v) is 2.00. The summed E-state index contributed by atoms with van der Waals surface area (Å²) in [4.78, 5) is 0. The van der Waals surface area contributed by atoms with E-state index in [-0.39, 0.29) is 0 Å². The van der Waals surface area contributed by atoms with Crippen LogP contribution >= 0.6 is 11.8 Å². The van der Waals surface area contributed by atoms with Crippen molar-refractivity contribution < 1.29 is 0 Å². The Bertz CT molecular complexity index is 120. The van der Waals surface area contributed by atoms with Gasteiger partial charge < -0.3 is 0 Å². The first-order valence-electron chi connectivity index (χ1n) is 5.36. The van der Waals surface area contributed by atoms with Gasteiger partial charge in [-0.15, -0.1) is 6.58 Å². The first kappa shape index (κ1) is 13.1. The molecule has 0 amide bonds. The van der Waals surface area contributed by atoms with Crippen LogP contribution in [0.2, 0.25) is 0 Å². The van der Waals surface area contributed by atoms with Crippen molar-refractivity contribution in [1.82, 2.24) is 0 Å². The second-order valence-electron chi connectivity index (χ2n) is 3.84. The molecule has 0 saturated carbocycles. The van der Waals surface area contributed by atoms with Crippen LogP contribution in [0.25, 0.3) is 0 Å². The molecule has 2 unspecified atom stereocenters. The van der Waals surface area contributed by atoms with Crippen molar-refractivity contribution in [2.24, 2.45) is 5.92 Å². The molecule has 0 fully saturated rings. The molecule has 0 saturated heterocycles. The summed E-state index contributed by atoms with van der Waals surface area (Å²) in [6, 6.07) is 0. The molecule has 78 valence electrons. The number of hydrogen-bond acceptors (Lipinski definition) is 1. The highest BCUT2D eigenvalue weighted by molar-refractivity contribution is 7.99. The van der Waals surface area contributed by atoms with Crippen LogP contribution in [0.15, 0.2) is 12.7 Å². The number of unbranched alkanes of at least 4 members (excludes halogenated alkanes) is 3. The summed E-state index contributed by atoms with van der Waals surface area (Å²) in [5.41, 5.74) is 0. The molecule has 0 aromatic rings. The molecule has 0 radical (unpaired) electrons. The zero-order chi connectivity index (χ0) is 10.1. The number of thioether (sulfide) groups is 1. The molecule has 0 rings (SSSR count). The monoisotopic (exact) mass is 200 g/mol. The third-order valence-corrected chi connectivity index (χ3v) is 3.95. The minimum Gasteiger partial charge on any atom is -0.162 e. The lowest BCUT2D eigenvalue weighted by Gasteiger charge is -2.17. The van der Waals surface area contributed by atoms with Crippen molar-refractivity contribution in [2.75, 3.05) is 6.26 Å². The van der Waals surface area contributed by atoms with Crippen LogP contribution in [0, 0.1) is 5.92 Å². The predicted molar refractivity (Wildman–Crippen MR) is 65.4 cm³/mol. The molecule has 0 aromatic heterocycles. The van der Waals surface area contributed by atoms with Gasteiger partial charge in [-0.25, -0.2) is 0 Å². The first-order chi connectivity index (χ1) is 6.22. The maximum atomic E-state index is 3.73. The highest BCUT2D eigenvalue weighted by Crippen LogP contribution is 2.21. The average Bonchev–Trinajstić information content (AvgIpc) is 2.16. The minimum atomic E-state index is 0.819. The summed E-state index contributed by atoms with van der Waals surface area (Å²) in [6.07, 6.45) is 10.9. The summed E-state index contributed by atoms with van der Waals surface area (Å²) in [5, 5.41) is 0.819. The van der Waals surface area contributed by atoms with E-state index in [1.54, 1.807) is 0 Å². The highest BCUT2D eigenvalue weighted by Gasteiger charge is 2.09. The first-order valence-corrected chi connectivity index (χ1v) is 6.64. The number of allylic oxidation sites excluding steroid dienone is 1. The standard InChI is InChI=1S/C12H24S/c1-5-6-7-8-9-10-11(2)12(3)13-4/h5,11-12H,1,6-10H2,2-4H3. The van der Waals surface area contributed by atoms with Crippen LogP contribution in [0.5, 0.6) is 0 Å². The maximum absolute atomic E-state index is 3.73. The normalized spacial score (nSPS) is 15.3. The molecule has 0 aliphatic heterocycles. The lowest BCUT2D eigenvalue weighted by Crippen LogP contribution is -2.09. The van der Waals surface area contributed by atoms with E-state index in [1.807, 2.05) is 17.8 Å². The molecule has 0 aromatic carbocycles. The predicted octanol–water partition coefficient (Wildman–Crippen LogP) is 4.51. The van der Waals surface area contributed by atoms with E-state index >= 15 is 0 Å². The van der Waals surface area contributed by atoms with Crippen molar-refractivity contribution in [3.8, 4) is 0 Å². The van der Waals surface area contributed by atoms with Crippen molar-refractivity contribution in [3.63, 3.8) is 0 Å². The van der Waals surface area contributed by atoms with Crippen LogP contribution in [0.1, 0.15) is 46.0 Å². The van der Waals surface area contributed by atoms with Crippen molar-refractivity contribution in [1.29, 1.82) is 0 Å². The lowest BCUT2D eigenvalue weighted by molar-refractivity contribution is 0.489. The summed E-state index contributed by atoms with van der Waals surface area (Å²) < 4.78 is 0. The van der Waals surface area contributed by atoms with Gasteiger partial charge in [0.1, 0.15) is 0 Å². The Labute approximate surface area is 88.2 Å². The largest absolute Gasteiger partial charge is 0.162 e. The quantitative estimate of drug-likeness (QED) is 0.410. The molecular weight excluding hydrogens is 176 g/mol. The van der Waals surface area contributed by atoms with Crippen molar-refractivity contribution in [3.05, 3.63) is 12.7 Å². The SMILES string of the molecule is C=CCCCCCC(C)C(C)SC. The Kier molecular flexibility index (Phi) is 8.74. The van der Waals surface area contributed by atoms with Crippen LogP contribution < -0.4 is 0 Å². The van der Waals surface area contributed by atoms with Gasteiger partial charge in [0.2, 0.25) is 0 Å². The van der Waals surface area contributed by atoms with Gasteiger partial charge >= 0.3 is 0 Å². The van der Waals surface area contributed by atoms with E-state index in [0.717, 1.165) is 11.2 Å². The van der Waals surface area contributed by atoms with Gasteiger partial charge in [0.05, 0.1) is 0 Å². The molecule has 0 N–H and O–H groups in total. The van der Waals surface area contributed by atoms with Crippen molar-refractivity contribution in [2.45, 2.75) is 51.2 Å². The molecule has 0 heterocycles. The summed E-state index contributed by atoms with van der Waals surface area (Å²) >= 11 is 1.98. The van der Waals surface area contributed by atoms with Gasteiger partial charge in [0.15, 0.2) is 0 Å². The van der Waals surface area contributed by atoms with E-state index in [4.69, 9.17) is 0 Å². The Morgan fingerprint density at radius 3 is 2.46 bits per heavy atom. The smallest absolute Gasteiger partial charge is 0.00415 e. The molecular formula is C12H24S. The Morgan fingerprint density at radius 2 is 1.92 bits per heavy atom. The van der Waals surface area contributed by atoms with Crippen LogP contribution in [0.3, 0.4) is 0 Å². The third-order valence-electron chi connectivity index (χ3n) is 2.74. The second-order valence-corrected chi connectivity index (χ2v) is 5.06. The lowest BCUT2D eigenvalue weighted by atomic mass is 10.00. The van der Waals surface area contributed by atoms with Gasteiger partial charge in [0, 0.05) is 5.25 Å². The molecule has 0 bridgehead atoms. The Hall–Kier alpha value is 0.0900. The highest BCUT2D eigenvalue weighted by atomic mass is 32.2. The van der Waals surface area contributed by atoms with Crippen LogP contribution in [-0.2, 0) is 0 Å². The Morgan fingerprint density at radius 1 is 1.23 bits per heavy atom.